The molecule has 1 fully saturated rings. The summed E-state index contributed by atoms with van der Waals surface area (Å²) in [6, 6.07) is 0. The van der Waals surface area contributed by atoms with Crippen LogP contribution in [0.25, 0.3) is 0 Å². The Morgan fingerprint density at radius 2 is 1.73 bits per heavy atom. The van der Waals surface area contributed by atoms with Gasteiger partial charge in [0, 0.05) is 6.17 Å². The van der Waals surface area contributed by atoms with E-state index in [0.717, 1.165) is 6.17 Å². The van der Waals surface area contributed by atoms with Crippen molar-refractivity contribution in [1.29, 1.82) is 0 Å². The van der Waals surface area contributed by atoms with Gasteiger partial charge < -0.3 is 9.70 Å². The molecule has 0 saturated carbocycles. The lowest BCUT2D eigenvalue weighted by Gasteiger charge is -2.30. The van der Waals surface area contributed by atoms with Crippen LogP contribution in [-0.2, 0) is 0 Å². The Bertz CT molecular complexity index is 116. The lowest BCUT2D eigenvalue weighted by atomic mass is 10.1. The van der Waals surface area contributed by atoms with E-state index in [1.165, 1.54) is 32.4 Å². The molecule has 0 aromatic heterocycles. The Morgan fingerprint density at radius 1 is 1.18 bits per heavy atom. The van der Waals surface area contributed by atoms with Crippen molar-refractivity contribution in [2.45, 2.75) is 32.4 Å². The van der Waals surface area contributed by atoms with E-state index in [-0.39, 0.29) is 0 Å². The van der Waals surface area contributed by atoms with Crippen molar-refractivity contribution in [2.24, 2.45) is 0 Å². The zero-order chi connectivity index (χ0) is 8.32. The van der Waals surface area contributed by atoms with Gasteiger partial charge >= 0.3 is 0 Å². The predicted molar refractivity (Wildman–Crippen MR) is 50.0 cm³/mol. The highest BCUT2D eigenvalue weighted by molar-refractivity contribution is 6.69. The number of piperidine rings is 1. The van der Waals surface area contributed by atoms with Crippen LogP contribution in [0.15, 0.2) is 0 Å². The smallest absolute Gasteiger partial charge is 0.196 e. The molecule has 0 aromatic rings. The molecule has 0 aromatic carbocycles. The molecule has 1 heterocycles. The second-order valence-electron chi connectivity index (χ2n) is 4.15. The Morgan fingerprint density at radius 3 is 2.18 bits per heavy atom. The van der Waals surface area contributed by atoms with Crippen molar-refractivity contribution in [2.75, 3.05) is 19.3 Å². The molecule has 0 radical (unpaired) electrons. The first-order chi connectivity index (χ1) is 5.08. The lowest BCUT2D eigenvalue weighted by molar-refractivity contribution is 0.250. The maximum atomic E-state index is 9.67. The van der Waals surface area contributed by atoms with Crippen LogP contribution in [0.2, 0.25) is 13.1 Å². The van der Waals surface area contributed by atoms with Crippen LogP contribution in [-0.4, -0.2) is 37.3 Å². The highest BCUT2D eigenvalue weighted by atomic mass is 28.4. The molecule has 0 bridgehead atoms. The van der Waals surface area contributed by atoms with Gasteiger partial charge in [-0.3, -0.25) is 0 Å². The van der Waals surface area contributed by atoms with Gasteiger partial charge in [0.15, 0.2) is 8.32 Å². The maximum absolute atomic E-state index is 9.67. The molecule has 0 amide bonds. The third-order valence-electron chi connectivity index (χ3n) is 2.06. The van der Waals surface area contributed by atoms with Crippen molar-refractivity contribution in [3.8, 4) is 0 Å². The van der Waals surface area contributed by atoms with Crippen LogP contribution in [0.5, 0.6) is 0 Å². The van der Waals surface area contributed by atoms with Crippen LogP contribution >= 0.6 is 0 Å². The summed E-state index contributed by atoms with van der Waals surface area (Å²) < 4.78 is 0. The van der Waals surface area contributed by atoms with E-state index in [2.05, 4.69) is 4.90 Å². The van der Waals surface area contributed by atoms with Gasteiger partial charge in [-0.2, -0.15) is 0 Å². The third kappa shape index (κ3) is 3.89. The van der Waals surface area contributed by atoms with Gasteiger partial charge in [-0.25, -0.2) is 0 Å². The van der Waals surface area contributed by atoms with E-state index in [4.69, 9.17) is 0 Å². The second kappa shape index (κ2) is 3.69. The topological polar surface area (TPSA) is 23.5 Å². The van der Waals surface area contributed by atoms with Crippen molar-refractivity contribution in [3.05, 3.63) is 0 Å². The molecule has 0 atom stereocenters. The SMILES string of the molecule is C[Si](C)(O)CN1CCCCC1. The first-order valence-corrected chi connectivity index (χ1v) is 7.68. The van der Waals surface area contributed by atoms with Crippen LogP contribution < -0.4 is 0 Å². The number of likely N-dealkylation sites (tertiary alicyclic amines) is 1. The van der Waals surface area contributed by atoms with E-state index in [0.29, 0.717) is 0 Å². The molecule has 1 rings (SSSR count). The van der Waals surface area contributed by atoms with Gasteiger partial charge in [0.1, 0.15) is 0 Å². The fourth-order valence-electron chi connectivity index (χ4n) is 1.66. The molecular formula is C8H19NOSi. The minimum atomic E-state index is -1.82. The van der Waals surface area contributed by atoms with E-state index < -0.39 is 8.32 Å². The van der Waals surface area contributed by atoms with Gasteiger partial charge in [-0.05, 0) is 39.0 Å². The van der Waals surface area contributed by atoms with Gasteiger partial charge in [0.05, 0.1) is 0 Å². The Hall–Kier alpha value is 0.137. The first-order valence-electron chi connectivity index (χ1n) is 4.53. The van der Waals surface area contributed by atoms with E-state index in [1.807, 2.05) is 13.1 Å². The average molecular weight is 173 g/mol. The number of hydrogen-bond donors (Lipinski definition) is 1. The minimum Gasteiger partial charge on any atom is -0.431 e. The van der Waals surface area contributed by atoms with Gasteiger partial charge in [-0.15, -0.1) is 0 Å². The molecule has 2 nitrogen and oxygen atoms in total. The predicted octanol–water partition coefficient (Wildman–Crippen LogP) is 1.21. The zero-order valence-corrected chi connectivity index (χ0v) is 8.64. The standard InChI is InChI=1S/C8H19NOSi/c1-11(2,10)8-9-6-4-3-5-7-9/h10H,3-8H2,1-2H3. The van der Waals surface area contributed by atoms with Crippen LogP contribution in [0.3, 0.4) is 0 Å². The van der Waals surface area contributed by atoms with Gasteiger partial charge in [0.2, 0.25) is 0 Å². The molecule has 1 aliphatic rings. The maximum Gasteiger partial charge on any atom is 0.196 e. The second-order valence-corrected chi connectivity index (χ2v) is 8.09. The Balaban J connectivity index is 2.24. The monoisotopic (exact) mass is 173 g/mol. The highest BCUT2D eigenvalue weighted by Crippen LogP contribution is 2.10. The molecule has 66 valence electrons. The van der Waals surface area contributed by atoms with E-state index in [9.17, 15) is 4.80 Å². The Labute approximate surface area is 70.3 Å². The summed E-state index contributed by atoms with van der Waals surface area (Å²) in [6.07, 6.45) is 4.99. The molecular weight excluding hydrogens is 154 g/mol. The fourth-order valence-corrected chi connectivity index (χ4v) is 3.08. The molecule has 1 saturated heterocycles. The quantitative estimate of drug-likeness (QED) is 0.635. The van der Waals surface area contributed by atoms with Crippen molar-refractivity contribution >= 4 is 8.32 Å². The molecule has 1 N–H and O–H groups in total. The number of rotatable bonds is 2. The van der Waals surface area contributed by atoms with Crippen LogP contribution in [0, 0.1) is 0 Å². The van der Waals surface area contributed by atoms with Crippen molar-refractivity contribution in [3.63, 3.8) is 0 Å². The van der Waals surface area contributed by atoms with Crippen molar-refractivity contribution < 1.29 is 4.80 Å². The summed E-state index contributed by atoms with van der Waals surface area (Å²) in [5, 5.41) is 0. The molecule has 11 heavy (non-hydrogen) atoms. The van der Waals surface area contributed by atoms with Crippen LogP contribution in [0.4, 0.5) is 0 Å². The molecule has 0 spiro atoms. The lowest BCUT2D eigenvalue weighted by Crippen LogP contribution is -2.44. The van der Waals surface area contributed by atoms with Crippen LogP contribution in [0.1, 0.15) is 19.3 Å². The fraction of sp³-hybridized carbons (Fsp3) is 1.00. The third-order valence-corrected chi connectivity index (χ3v) is 3.28. The first kappa shape index (κ1) is 9.23. The summed E-state index contributed by atoms with van der Waals surface area (Å²) in [7, 11) is -1.82. The molecule has 1 aliphatic heterocycles. The summed E-state index contributed by atoms with van der Waals surface area (Å²) in [5.41, 5.74) is 0. The normalized spacial score (nSPS) is 22.1. The largest absolute Gasteiger partial charge is 0.431 e. The van der Waals surface area contributed by atoms with Crippen molar-refractivity contribution in [1.82, 2.24) is 4.90 Å². The summed E-state index contributed by atoms with van der Waals surface area (Å²) in [6.45, 7) is 6.44. The molecule has 3 heteroatoms. The number of hydrogen-bond acceptors (Lipinski definition) is 2. The highest BCUT2D eigenvalue weighted by Gasteiger charge is 2.22. The van der Waals surface area contributed by atoms with E-state index in [1.54, 1.807) is 0 Å². The molecule has 0 unspecified atom stereocenters. The molecule has 0 aliphatic carbocycles. The number of nitrogens with zero attached hydrogens (tertiary/aromatic N) is 1. The minimum absolute atomic E-state index is 0.965. The zero-order valence-electron chi connectivity index (χ0n) is 7.64. The summed E-state index contributed by atoms with van der Waals surface area (Å²) >= 11 is 0. The van der Waals surface area contributed by atoms with E-state index >= 15 is 0 Å². The average Bonchev–Trinajstić information content (AvgIpc) is 1.85. The van der Waals surface area contributed by atoms with Gasteiger partial charge in [-0.1, -0.05) is 6.42 Å². The Kier molecular flexibility index (Phi) is 3.10. The summed E-state index contributed by atoms with van der Waals surface area (Å²) in [5.74, 6) is 0. The summed E-state index contributed by atoms with van der Waals surface area (Å²) in [4.78, 5) is 12.1. The van der Waals surface area contributed by atoms with Gasteiger partial charge in [0.25, 0.3) is 0 Å².